The first-order chi connectivity index (χ1) is 9.69. The van der Waals surface area contributed by atoms with Gasteiger partial charge in [0.25, 0.3) is 0 Å². The number of para-hydroxylation sites is 1. The molecule has 0 aliphatic carbocycles. The van der Waals surface area contributed by atoms with Gasteiger partial charge in [0.05, 0.1) is 35.3 Å². The molecule has 4 nitrogen and oxygen atoms in total. The second-order valence-corrected chi connectivity index (χ2v) is 4.68. The minimum atomic E-state index is 0.576. The number of fused-ring (bicyclic) bond motifs is 1. The first-order valence-corrected chi connectivity index (χ1v) is 6.43. The second-order valence-electron chi connectivity index (χ2n) is 4.68. The molecule has 1 aromatic carbocycles. The Morgan fingerprint density at radius 1 is 1.05 bits per heavy atom. The zero-order chi connectivity index (χ0) is 14.1. The van der Waals surface area contributed by atoms with Crippen molar-refractivity contribution in [1.29, 1.82) is 0 Å². The van der Waals surface area contributed by atoms with Gasteiger partial charge in [-0.3, -0.25) is 4.98 Å². The molecule has 0 bridgehead atoms. The predicted molar refractivity (Wildman–Crippen MR) is 78.8 cm³/mol. The number of ether oxygens (including phenoxy) is 1. The largest absolute Gasteiger partial charge is 0.480 e. The van der Waals surface area contributed by atoms with Gasteiger partial charge in [0.1, 0.15) is 0 Å². The summed E-state index contributed by atoms with van der Waals surface area (Å²) in [7, 11) is 1.62. The van der Waals surface area contributed by atoms with Gasteiger partial charge in [0, 0.05) is 11.6 Å². The Kier molecular flexibility index (Phi) is 3.06. The van der Waals surface area contributed by atoms with Crippen molar-refractivity contribution in [3.63, 3.8) is 0 Å². The topological polar surface area (TPSA) is 47.9 Å². The minimum Gasteiger partial charge on any atom is -0.480 e. The lowest BCUT2D eigenvalue weighted by atomic mass is 10.1. The molecule has 0 saturated carbocycles. The Balaban J connectivity index is 2.31. The lowest BCUT2D eigenvalue weighted by molar-refractivity contribution is 0.401. The Morgan fingerprint density at radius 2 is 1.85 bits per heavy atom. The van der Waals surface area contributed by atoms with Crippen molar-refractivity contribution in [2.45, 2.75) is 13.8 Å². The monoisotopic (exact) mass is 265 g/mol. The van der Waals surface area contributed by atoms with Gasteiger partial charge in [-0.15, -0.1) is 0 Å². The van der Waals surface area contributed by atoms with Gasteiger partial charge in [-0.1, -0.05) is 18.2 Å². The highest BCUT2D eigenvalue weighted by Gasteiger charge is 2.14. The highest BCUT2D eigenvalue weighted by molar-refractivity contribution is 5.85. The average Bonchev–Trinajstić information content (AvgIpc) is 2.48. The molecule has 0 saturated heterocycles. The number of hydrogen-bond acceptors (Lipinski definition) is 4. The summed E-state index contributed by atoms with van der Waals surface area (Å²) in [5.74, 6) is 0.576. The van der Waals surface area contributed by atoms with E-state index in [1.165, 1.54) is 0 Å². The molecule has 2 heterocycles. The summed E-state index contributed by atoms with van der Waals surface area (Å²) in [6, 6.07) is 10.0. The summed E-state index contributed by atoms with van der Waals surface area (Å²) in [6.45, 7) is 3.87. The molecular formula is C16H15N3O. The molecule has 100 valence electrons. The maximum atomic E-state index is 5.42. The van der Waals surface area contributed by atoms with E-state index in [-0.39, 0.29) is 0 Å². The number of hydrogen-bond donors (Lipinski definition) is 0. The quantitative estimate of drug-likeness (QED) is 0.713. The molecule has 2 aromatic heterocycles. The minimum absolute atomic E-state index is 0.576. The van der Waals surface area contributed by atoms with Crippen LogP contribution >= 0.6 is 0 Å². The molecule has 3 aromatic rings. The maximum Gasteiger partial charge on any atom is 0.223 e. The number of nitrogens with zero attached hydrogens (tertiary/aromatic N) is 3. The van der Waals surface area contributed by atoms with Crippen LogP contribution in [0.5, 0.6) is 5.88 Å². The third-order valence-corrected chi connectivity index (χ3v) is 3.21. The number of pyridine rings is 1. The molecule has 0 aliphatic rings. The zero-order valence-electron chi connectivity index (χ0n) is 11.7. The van der Waals surface area contributed by atoms with Crippen LogP contribution in [0.4, 0.5) is 0 Å². The maximum absolute atomic E-state index is 5.42. The van der Waals surface area contributed by atoms with Crippen molar-refractivity contribution in [3.8, 4) is 17.1 Å². The van der Waals surface area contributed by atoms with E-state index in [4.69, 9.17) is 4.74 Å². The van der Waals surface area contributed by atoms with Crippen LogP contribution in [-0.2, 0) is 0 Å². The second kappa shape index (κ2) is 4.89. The van der Waals surface area contributed by atoms with Crippen LogP contribution in [-0.4, -0.2) is 22.1 Å². The predicted octanol–water partition coefficient (Wildman–Crippen LogP) is 3.32. The fraction of sp³-hybridized carbons (Fsp3) is 0.188. The van der Waals surface area contributed by atoms with Gasteiger partial charge in [0.2, 0.25) is 5.88 Å². The van der Waals surface area contributed by atoms with Crippen molar-refractivity contribution in [2.75, 3.05) is 7.11 Å². The van der Waals surface area contributed by atoms with E-state index in [2.05, 4.69) is 21.0 Å². The molecule has 4 heteroatoms. The van der Waals surface area contributed by atoms with Gasteiger partial charge >= 0.3 is 0 Å². The van der Waals surface area contributed by atoms with Gasteiger partial charge < -0.3 is 4.74 Å². The molecule has 0 N–H and O–H groups in total. The molecule has 3 rings (SSSR count). The lowest BCUT2D eigenvalue weighted by Gasteiger charge is -2.11. The van der Waals surface area contributed by atoms with Gasteiger partial charge in [-0.05, 0) is 26.0 Å². The first kappa shape index (κ1) is 12.5. The fourth-order valence-electron chi connectivity index (χ4n) is 2.22. The van der Waals surface area contributed by atoms with E-state index in [0.717, 1.165) is 33.5 Å². The summed E-state index contributed by atoms with van der Waals surface area (Å²) in [6.07, 6.45) is 1.76. The average molecular weight is 265 g/mol. The van der Waals surface area contributed by atoms with Crippen molar-refractivity contribution in [3.05, 3.63) is 47.9 Å². The van der Waals surface area contributed by atoms with Gasteiger partial charge in [-0.2, -0.15) is 0 Å². The highest BCUT2D eigenvalue weighted by atomic mass is 16.5. The summed E-state index contributed by atoms with van der Waals surface area (Å²) in [5.41, 5.74) is 4.35. The summed E-state index contributed by atoms with van der Waals surface area (Å²) >= 11 is 0. The number of aryl methyl sites for hydroxylation is 2. The zero-order valence-corrected chi connectivity index (χ0v) is 11.7. The molecule has 20 heavy (non-hydrogen) atoms. The third kappa shape index (κ3) is 2.09. The van der Waals surface area contributed by atoms with E-state index in [0.29, 0.717) is 5.88 Å². The van der Waals surface area contributed by atoms with Crippen LogP contribution in [0.15, 0.2) is 36.5 Å². The van der Waals surface area contributed by atoms with Crippen LogP contribution in [0.3, 0.4) is 0 Å². The van der Waals surface area contributed by atoms with Crippen molar-refractivity contribution >= 4 is 10.9 Å². The highest BCUT2D eigenvalue weighted by Crippen LogP contribution is 2.31. The number of aromatic nitrogens is 3. The van der Waals surface area contributed by atoms with E-state index in [1.807, 2.05) is 38.1 Å². The Morgan fingerprint density at radius 3 is 2.65 bits per heavy atom. The summed E-state index contributed by atoms with van der Waals surface area (Å²) < 4.78 is 5.42. The van der Waals surface area contributed by atoms with Gasteiger partial charge in [-0.25, -0.2) is 9.97 Å². The Bertz CT molecular complexity index is 784. The third-order valence-electron chi connectivity index (χ3n) is 3.21. The van der Waals surface area contributed by atoms with Crippen LogP contribution < -0.4 is 4.74 Å². The molecule has 0 unspecified atom stereocenters. The Hall–Kier alpha value is -2.49. The van der Waals surface area contributed by atoms with E-state index >= 15 is 0 Å². The van der Waals surface area contributed by atoms with E-state index in [1.54, 1.807) is 13.3 Å². The van der Waals surface area contributed by atoms with Crippen molar-refractivity contribution < 1.29 is 4.74 Å². The molecule has 0 fully saturated rings. The first-order valence-electron chi connectivity index (χ1n) is 6.43. The van der Waals surface area contributed by atoms with Crippen molar-refractivity contribution in [2.24, 2.45) is 0 Å². The smallest absolute Gasteiger partial charge is 0.223 e. The Labute approximate surface area is 117 Å². The van der Waals surface area contributed by atoms with Crippen LogP contribution in [0, 0.1) is 13.8 Å². The number of benzene rings is 1. The normalized spacial score (nSPS) is 10.8. The molecule has 0 amide bonds. The summed E-state index contributed by atoms with van der Waals surface area (Å²) in [5, 5.41) is 1.06. The van der Waals surface area contributed by atoms with E-state index < -0.39 is 0 Å². The summed E-state index contributed by atoms with van der Waals surface area (Å²) in [4.78, 5) is 13.5. The lowest BCUT2D eigenvalue weighted by Crippen LogP contribution is -1.99. The fourth-order valence-corrected chi connectivity index (χ4v) is 2.22. The number of rotatable bonds is 2. The van der Waals surface area contributed by atoms with Crippen LogP contribution in [0.1, 0.15) is 11.4 Å². The molecule has 0 spiro atoms. The van der Waals surface area contributed by atoms with E-state index in [9.17, 15) is 0 Å². The molecule has 0 atom stereocenters. The SMILES string of the molecule is COc1nc2ccccc2cc1-c1nc(C)cnc1C. The van der Waals surface area contributed by atoms with Crippen LogP contribution in [0.2, 0.25) is 0 Å². The molecule has 0 aliphatic heterocycles. The standard InChI is InChI=1S/C16H15N3O/c1-10-9-17-11(2)15(18-10)13-8-12-6-4-5-7-14(12)19-16(13)20-3/h4-9H,1-3H3. The number of methoxy groups -OCH3 is 1. The van der Waals surface area contributed by atoms with Crippen LogP contribution in [0.25, 0.3) is 22.2 Å². The van der Waals surface area contributed by atoms with Gasteiger partial charge in [0.15, 0.2) is 0 Å². The molecule has 0 radical (unpaired) electrons. The van der Waals surface area contributed by atoms with Crippen molar-refractivity contribution in [1.82, 2.24) is 15.0 Å². The molecular weight excluding hydrogens is 250 g/mol.